The molecule has 0 saturated carbocycles. The van der Waals surface area contributed by atoms with E-state index in [2.05, 4.69) is 4.90 Å². The van der Waals surface area contributed by atoms with E-state index in [9.17, 15) is 14.4 Å². The molecular formula is C25H27NO7S. The van der Waals surface area contributed by atoms with Gasteiger partial charge in [0.2, 0.25) is 0 Å². The van der Waals surface area contributed by atoms with Gasteiger partial charge < -0.3 is 23.8 Å². The Balaban J connectivity index is 1.76. The second kappa shape index (κ2) is 10.5. The molecule has 34 heavy (non-hydrogen) atoms. The quantitative estimate of drug-likeness (QED) is 0.451. The summed E-state index contributed by atoms with van der Waals surface area (Å²) < 4.78 is 23.0. The fraction of sp³-hybridized carbons (Fsp3) is 0.400. The lowest BCUT2D eigenvalue weighted by atomic mass is 9.98. The maximum Gasteiger partial charge on any atom is 0.303 e. The summed E-state index contributed by atoms with van der Waals surface area (Å²) in [5, 5.41) is -0.388. The summed E-state index contributed by atoms with van der Waals surface area (Å²) in [5.41, 5.74) is 2.06. The minimum absolute atomic E-state index is 0.139. The molecule has 2 aliphatic rings. The molecule has 1 fully saturated rings. The maximum absolute atomic E-state index is 12.1. The van der Waals surface area contributed by atoms with Crippen LogP contribution in [0.1, 0.15) is 26.3 Å². The van der Waals surface area contributed by atoms with Gasteiger partial charge in [0.1, 0.15) is 18.9 Å². The van der Waals surface area contributed by atoms with Crippen molar-refractivity contribution in [3.63, 3.8) is 0 Å². The summed E-state index contributed by atoms with van der Waals surface area (Å²) in [6.07, 6.45) is -3.09. The first-order valence-corrected chi connectivity index (χ1v) is 11.9. The lowest BCUT2D eigenvalue weighted by Crippen LogP contribution is -2.65. The standard InChI is InChI=1S/C25H27NO7S/c1-15(27)30-14-20-22(31-16(2)28)23(32-17(3)29)24-25(33-20)26(13-18-9-5-4-6-10-18)19-11-7-8-12-21(19)34-24/h4-12,20,22-25H,13-14H2,1-3H3/t20-,22-,23+,24+,25-/m1/s1. The first kappa shape index (κ1) is 24.1. The number of carbonyl (C=O) groups is 3. The van der Waals surface area contributed by atoms with E-state index >= 15 is 0 Å². The van der Waals surface area contributed by atoms with Crippen molar-refractivity contribution in [2.24, 2.45) is 0 Å². The van der Waals surface area contributed by atoms with Gasteiger partial charge in [0, 0.05) is 32.2 Å². The second-order valence-corrected chi connectivity index (χ2v) is 9.40. The van der Waals surface area contributed by atoms with Gasteiger partial charge in [-0.3, -0.25) is 14.4 Å². The van der Waals surface area contributed by atoms with Gasteiger partial charge in [-0.25, -0.2) is 0 Å². The molecular weight excluding hydrogens is 458 g/mol. The topological polar surface area (TPSA) is 91.4 Å². The van der Waals surface area contributed by atoms with Crippen LogP contribution in [-0.2, 0) is 39.9 Å². The summed E-state index contributed by atoms with van der Waals surface area (Å²) in [4.78, 5) is 38.7. The zero-order valence-corrected chi connectivity index (χ0v) is 20.0. The molecule has 2 aromatic carbocycles. The fourth-order valence-corrected chi connectivity index (χ4v) is 5.73. The predicted octanol–water partition coefficient (Wildman–Crippen LogP) is 3.32. The molecule has 0 amide bonds. The third kappa shape index (κ3) is 5.37. The zero-order valence-electron chi connectivity index (χ0n) is 19.2. The van der Waals surface area contributed by atoms with Gasteiger partial charge in [0.05, 0.1) is 10.9 Å². The van der Waals surface area contributed by atoms with Gasteiger partial charge in [0.15, 0.2) is 12.2 Å². The highest BCUT2D eigenvalue weighted by molar-refractivity contribution is 8.00. The molecule has 2 aromatic rings. The van der Waals surface area contributed by atoms with Gasteiger partial charge in [-0.1, -0.05) is 42.5 Å². The second-order valence-electron chi connectivity index (χ2n) is 8.18. The summed E-state index contributed by atoms with van der Waals surface area (Å²) in [5.74, 6) is -1.52. The molecule has 0 radical (unpaired) electrons. The van der Waals surface area contributed by atoms with Gasteiger partial charge in [-0.05, 0) is 17.7 Å². The molecule has 0 aromatic heterocycles. The van der Waals surface area contributed by atoms with Crippen LogP contribution in [0.15, 0.2) is 59.5 Å². The molecule has 0 spiro atoms. The van der Waals surface area contributed by atoms with Crippen LogP contribution in [0, 0.1) is 0 Å². The van der Waals surface area contributed by atoms with Gasteiger partial charge in [-0.15, -0.1) is 11.8 Å². The first-order valence-electron chi connectivity index (χ1n) is 11.0. The molecule has 0 aliphatic carbocycles. The van der Waals surface area contributed by atoms with E-state index in [1.54, 1.807) is 0 Å². The van der Waals surface area contributed by atoms with Gasteiger partial charge >= 0.3 is 17.9 Å². The minimum Gasteiger partial charge on any atom is -0.463 e. The number of rotatable bonds is 6. The number of hydrogen-bond donors (Lipinski definition) is 0. The van der Waals surface area contributed by atoms with E-state index in [-0.39, 0.29) is 11.9 Å². The van der Waals surface area contributed by atoms with Crippen LogP contribution in [-0.4, -0.2) is 54.3 Å². The zero-order chi connectivity index (χ0) is 24.2. The number of hydrogen-bond acceptors (Lipinski definition) is 9. The average molecular weight is 486 g/mol. The summed E-state index contributed by atoms with van der Waals surface area (Å²) in [6, 6.07) is 17.9. The molecule has 8 nitrogen and oxygen atoms in total. The molecule has 5 atom stereocenters. The van der Waals surface area contributed by atoms with Crippen molar-refractivity contribution in [2.75, 3.05) is 11.5 Å². The van der Waals surface area contributed by atoms with Crippen LogP contribution < -0.4 is 4.90 Å². The highest BCUT2D eigenvalue weighted by atomic mass is 32.2. The van der Waals surface area contributed by atoms with E-state index in [1.165, 1.54) is 32.5 Å². The average Bonchev–Trinajstić information content (AvgIpc) is 2.79. The molecule has 9 heteroatoms. The van der Waals surface area contributed by atoms with Crippen molar-refractivity contribution in [3.05, 3.63) is 60.2 Å². The van der Waals surface area contributed by atoms with Crippen molar-refractivity contribution in [1.29, 1.82) is 0 Å². The number of esters is 3. The molecule has 1 saturated heterocycles. The summed E-state index contributed by atoms with van der Waals surface area (Å²) in [6.45, 7) is 4.31. The molecule has 2 aliphatic heterocycles. The Labute approximate surface area is 202 Å². The summed E-state index contributed by atoms with van der Waals surface area (Å²) >= 11 is 1.52. The normalized spacial score (nSPS) is 25.5. The Morgan fingerprint density at radius 2 is 1.53 bits per heavy atom. The number of nitrogens with zero attached hydrogens (tertiary/aromatic N) is 1. The highest BCUT2D eigenvalue weighted by Crippen LogP contribution is 2.48. The van der Waals surface area contributed by atoms with Crippen LogP contribution in [0.3, 0.4) is 0 Å². The third-order valence-electron chi connectivity index (χ3n) is 5.60. The molecule has 0 N–H and O–H groups in total. The number of ether oxygens (including phenoxy) is 4. The van der Waals surface area contributed by atoms with Gasteiger partial charge in [-0.2, -0.15) is 0 Å². The highest BCUT2D eigenvalue weighted by Gasteiger charge is 2.54. The van der Waals surface area contributed by atoms with Crippen molar-refractivity contribution in [2.45, 2.75) is 62.0 Å². The first-order chi connectivity index (χ1) is 16.3. The molecule has 0 bridgehead atoms. The Bertz CT molecular complexity index is 1050. The SMILES string of the molecule is CC(=O)OC[C@H]1O[C@@H]2[C@@H](Sc3ccccc3N2Cc2ccccc2)[C@@H](OC(C)=O)[C@@H]1OC(C)=O. The van der Waals surface area contributed by atoms with Crippen molar-refractivity contribution < 1.29 is 33.3 Å². The Hall–Kier alpha value is -3.04. The predicted molar refractivity (Wildman–Crippen MR) is 125 cm³/mol. The molecule has 0 unspecified atom stereocenters. The van der Waals surface area contributed by atoms with Crippen molar-refractivity contribution >= 4 is 35.4 Å². The lowest BCUT2D eigenvalue weighted by molar-refractivity contribution is -0.212. The Kier molecular flexibility index (Phi) is 7.43. The van der Waals surface area contributed by atoms with Crippen molar-refractivity contribution in [1.82, 2.24) is 0 Å². The smallest absolute Gasteiger partial charge is 0.303 e. The summed E-state index contributed by atoms with van der Waals surface area (Å²) in [7, 11) is 0. The van der Waals surface area contributed by atoms with Crippen LogP contribution in [0.4, 0.5) is 5.69 Å². The maximum atomic E-state index is 12.1. The van der Waals surface area contributed by atoms with Crippen LogP contribution in [0.2, 0.25) is 0 Å². The fourth-order valence-electron chi connectivity index (χ4n) is 4.30. The number of benzene rings is 2. The lowest BCUT2D eigenvalue weighted by Gasteiger charge is -2.51. The number of anilines is 1. The number of fused-ring (bicyclic) bond motifs is 2. The van der Waals surface area contributed by atoms with Crippen molar-refractivity contribution in [3.8, 4) is 0 Å². The van der Waals surface area contributed by atoms with Crippen LogP contribution in [0.5, 0.6) is 0 Å². The molecule has 180 valence electrons. The van der Waals surface area contributed by atoms with E-state index in [1.807, 2.05) is 54.6 Å². The van der Waals surface area contributed by atoms with E-state index in [0.29, 0.717) is 6.54 Å². The number of para-hydroxylation sites is 1. The number of carbonyl (C=O) groups excluding carboxylic acids is 3. The Morgan fingerprint density at radius 3 is 2.21 bits per heavy atom. The van der Waals surface area contributed by atoms with E-state index in [4.69, 9.17) is 18.9 Å². The largest absolute Gasteiger partial charge is 0.463 e. The monoisotopic (exact) mass is 485 g/mol. The van der Waals surface area contributed by atoms with E-state index in [0.717, 1.165) is 16.1 Å². The molecule has 4 rings (SSSR count). The van der Waals surface area contributed by atoms with Gasteiger partial charge in [0.25, 0.3) is 0 Å². The van der Waals surface area contributed by atoms with Crippen LogP contribution in [0.25, 0.3) is 0 Å². The number of thioether (sulfide) groups is 1. The molecule has 2 heterocycles. The van der Waals surface area contributed by atoms with Crippen LogP contribution >= 0.6 is 11.8 Å². The van der Waals surface area contributed by atoms with E-state index < -0.39 is 42.4 Å². The minimum atomic E-state index is -0.932. The third-order valence-corrected chi connectivity index (χ3v) is 6.98. The Morgan fingerprint density at radius 1 is 0.882 bits per heavy atom.